The molecule has 0 amide bonds. The Morgan fingerprint density at radius 1 is 0.625 bits per heavy atom. The molecule has 2 aromatic rings. The largest absolute Gasteiger partial charge is 0.0804 e. The fourth-order valence-corrected chi connectivity index (χ4v) is 3.64. The molecule has 0 N–H and O–H groups in total. The molecular weight excluding hydrogens is 288 g/mol. The van der Waals surface area contributed by atoms with Crippen LogP contribution in [0.1, 0.15) is 24.0 Å². The van der Waals surface area contributed by atoms with Gasteiger partial charge in [0.15, 0.2) is 0 Å². The molecule has 2 unspecified atom stereocenters. The molecule has 24 heavy (non-hydrogen) atoms. The topological polar surface area (TPSA) is 0 Å². The van der Waals surface area contributed by atoms with E-state index < -0.39 is 0 Å². The molecule has 2 aliphatic carbocycles. The lowest BCUT2D eigenvalue weighted by atomic mass is 9.77. The molecular formula is C24H24. The molecule has 0 saturated carbocycles. The molecule has 0 fully saturated rings. The van der Waals surface area contributed by atoms with Crippen molar-refractivity contribution in [2.45, 2.75) is 25.7 Å². The third-order valence-corrected chi connectivity index (χ3v) is 5.34. The van der Waals surface area contributed by atoms with Gasteiger partial charge in [0.25, 0.3) is 0 Å². The summed E-state index contributed by atoms with van der Waals surface area (Å²) in [6.07, 6.45) is 14.3. The average molecular weight is 312 g/mol. The van der Waals surface area contributed by atoms with Crippen molar-refractivity contribution < 1.29 is 0 Å². The van der Waals surface area contributed by atoms with Crippen molar-refractivity contribution in [2.24, 2.45) is 11.8 Å². The van der Waals surface area contributed by atoms with Gasteiger partial charge in [-0.1, -0.05) is 85.0 Å². The molecule has 0 aromatic heterocycles. The fourth-order valence-electron chi connectivity index (χ4n) is 3.64. The van der Waals surface area contributed by atoms with Crippen LogP contribution >= 0.6 is 0 Å². The van der Waals surface area contributed by atoms with Crippen molar-refractivity contribution in [2.75, 3.05) is 0 Å². The SMILES string of the molecule is C(=CC1=CCC1Cc1ccccc1)C1=CCC1Cc1ccccc1. The Morgan fingerprint density at radius 2 is 1.04 bits per heavy atom. The molecule has 0 heterocycles. The molecule has 2 atom stereocenters. The van der Waals surface area contributed by atoms with Crippen molar-refractivity contribution in [3.63, 3.8) is 0 Å². The molecule has 0 nitrogen and oxygen atoms in total. The minimum absolute atomic E-state index is 0.705. The Balaban J connectivity index is 1.32. The second-order valence-corrected chi connectivity index (χ2v) is 6.99. The molecule has 0 spiro atoms. The van der Waals surface area contributed by atoms with E-state index in [1.807, 2.05) is 0 Å². The smallest absolute Gasteiger partial charge is 0.00899 e. The Morgan fingerprint density at radius 3 is 1.38 bits per heavy atom. The third kappa shape index (κ3) is 3.43. The number of hydrogen-bond acceptors (Lipinski definition) is 0. The Hall–Kier alpha value is -2.34. The van der Waals surface area contributed by atoms with Crippen LogP contribution in [0, 0.1) is 11.8 Å². The van der Waals surface area contributed by atoms with E-state index in [0.29, 0.717) is 11.8 Å². The van der Waals surface area contributed by atoms with Crippen LogP contribution in [-0.2, 0) is 12.8 Å². The van der Waals surface area contributed by atoms with E-state index in [9.17, 15) is 0 Å². The predicted octanol–water partition coefficient (Wildman–Crippen LogP) is 5.92. The van der Waals surface area contributed by atoms with Gasteiger partial charge in [0, 0.05) is 0 Å². The molecule has 2 aliphatic rings. The summed E-state index contributed by atoms with van der Waals surface area (Å²) < 4.78 is 0. The van der Waals surface area contributed by atoms with Gasteiger partial charge in [-0.3, -0.25) is 0 Å². The van der Waals surface area contributed by atoms with Gasteiger partial charge in [-0.15, -0.1) is 0 Å². The number of rotatable bonds is 6. The van der Waals surface area contributed by atoms with E-state index in [-0.39, 0.29) is 0 Å². The number of allylic oxidation sites excluding steroid dienone is 6. The molecule has 0 heteroatoms. The van der Waals surface area contributed by atoms with Crippen LogP contribution in [0.2, 0.25) is 0 Å². The lowest BCUT2D eigenvalue weighted by molar-refractivity contribution is 0.568. The van der Waals surface area contributed by atoms with E-state index in [1.165, 1.54) is 48.0 Å². The molecule has 0 radical (unpaired) electrons. The summed E-state index contributed by atoms with van der Waals surface area (Å²) >= 11 is 0. The van der Waals surface area contributed by atoms with Crippen LogP contribution in [0.3, 0.4) is 0 Å². The minimum atomic E-state index is 0.705. The standard InChI is InChI=1S/C24H24/c1-3-7-19(8-4-1)17-23-15-13-21(23)11-12-22-14-16-24(22)18-20-9-5-2-6-10-20/h1-14,23-24H,15-18H2. The molecule has 0 bridgehead atoms. The van der Waals surface area contributed by atoms with Crippen molar-refractivity contribution in [1.82, 2.24) is 0 Å². The first-order chi connectivity index (χ1) is 11.9. The average Bonchev–Trinajstić information content (AvgIpc) is 2.61. The van der Waals surface area contributed by atoms with Crippen LogP contribution in [0.25, 0.3) is 0 Å². The van der Waals surface area contributed by atoms with Gasteiger partial charge in [-0.05, 0) is 59.8 Å². The Labute approximate surface area is 145 Å². The van der Waals surface area contributed by atoms with E-state index in [4.69, 9.17) is 0 Å². The normalized spacial score (nSPS) is 22.5. The van der Waals surface area contributed by atoms with Crippen LogP contribution in [-0.4, -0.2) is 0 Å². The first kappa shape index (κ1) is 15.2. The predicted molar refractivity (Wildman–Crippen MR) is 102 cm³/mol. The first-order valence-electron chi connectivity index (χ1n) is 9.04. The zero-order valence-corrected chi connectivity index (χ0v) is 14.1. The zero-order valence-electron chi connectivity index (χ0n) is 14.1. The van der Waals surface area contributed by atoms with Gasteiger partial charge in [0.1, 0.15) is 0 Å². The summed E-state index contributed by atoms with van der Waals surface area (Å²) in [5, 5.41) is 0. The van der Waals surface area contributed by atoms with Crippen molar-refractivity contribution in [3.05, 3.63) is 107 Å². The van der Waals surface area contributed by atoms with Crippen molar-refractivity contribution in [3.8, 4) is 0 Å². The summed E-state index contributed by atoms with van der Waals surface area (Å²) in [7, 11) is 0. The van der Waals surface area contributed by atoms with E-state index in [0.717, 1.165) is 0 Å². The second-order valence-electron chi connectivity index (χ2n) is 6.99. The molecule has 0 saturated heterocycles. The summed E-state index contributed by atoms with van der Waals surface area (Å²) in [6, 6.07) is 21.7. The summed E-state index contributed by atoms with van der Waals surface area (Å²) in [5.41, 5.74) is 5.94. The highest BCUT2D eigenvalue weighted by molar-refractivity contribution is 5.39. The molecule has 2 aromatic carbocycles. The fraction of sp³-hybridized carbons (Fsp3) is 0.250. The Bertz CT molecular complexity index is 695. The lowest BCUT2D eigenvalue weighted by Crippen LogP contribution is -2.16. The maximum absolute atomic E-state index is 2.38. The van der Waals surface area contributed by atoms with Crippen molar-refractivity contribution in [1.29, 1.82) is 0 Å². The molecule has 120 valence electrons. The second kappa shape index (κ2) is 7.05. The quantitative estimate of drug-likeness (QED) is 0.621. The van der Waals surface area contributed by atoms with Crippen LogP contribution in [0.4, 0.5) is 0 Å². The van der Waals surface area contributed by atoms with E-state index in [1.54, 1.807) is 0 Å². The zero-order chi connectivity index (χ0) is 16.2. The monoisotopic (exact) mass is 312 g/mol. The first-order valence-corrected chi connectivity index (χ1v) is 9.04. The summed E-state index contributed by atoms with van der Waals surface area (Å²) in [6.45, 7) is 0. The third-order valence-electron chi connectivity index (χ3n) is 5.34. The highest BCUT2D eigenvalue weighted by atomic mass is 14.3. The maximum Gasteiger partial charge on any atom is -0.00899 e. The van der Waals surface area contributed by atoms with Gasteiger partial charge >= 0.3 is 0 Å². The van der Waals surface area contributed by atoms with Gasteiger partial charge in [-0.2, -0.15) is 0 Å². The summed E-state index contributed by atoms with van der Waals surface area (Å²) in [4.78, 5) is 0. The van der Waals surface area contributed by atoms with Crippen molar-refractivity contribution >= 4 is 0 Å². The lowest BCUT2D eigenvalue weighted by Gasteiger charge is -2.28. The molecule has 4 rings (SSSR count). The highest BCUT2D eigenvalue weighted by Gasteiger charge is 2.22. The maximum atomic E-state index is 2.38. The number of hydrogen-bond donors (Lipinski definition) is 0. The van der Waals surface area contributed by atoms with E-state index in [2.05, 4.69) is 85.0 Å². The minimum Gasteiger partial charge on any atom is -0.0804 e. The van der Waals surface area contributed by atoms with E-state index >= 15 is 0 Å². The van der Waals surface area contributed by atoms with Gasteiger partial charge in [0.2, 0.25) is 0 Å². The van der Waals surface area contributed by atoms with Gasteiger partial charge in [-0.25, -0.2) is 0 Å². The van der Waals surface area contributed by atoms with Gasteiger partial charge in [0.05, 0.1) is 0 Å². The number of benzene rings is 2. The van der Waals surface area contributed by atoms with Crippen LogP contribution in [0.5, 0.6) is 0 Å². The van der Waals surface area contributed by atoms with Gasteiger partial charge < -0.3 is 0 Å². The highest BCUT2D eigenvalue weighted by Crippen LogP contribution is 2.35. The van der Waals surface area contributed by atoms with Crippen LogP contribution in [0.15, 0.2) is 96.1 Å². The molecule has 0 aliphatic heterocycles. The van der Waals surface area contributed by atoms with Crippen LogP contribution < -0.4 is 0 Å². The summed E-state index contributed by atoms with van der Waals surface area (Å²) in [5.74, 6) is 1.41. The Kier molecular flexibility index (Phi) is 4.46.